The van der Waals surface area contributed by atoms with Crippen molar-refractivity contribution >= 4 is 23.3 Å². The zero-order valence-electron chi connectivity index (χ0n) is 11.7. The molecular weight excluding hydrogens is 278 g/mol. The predicted molar refractivity (Wildman–Crippen MR) is 79.6 cm³/mol. The highest BCUT2D eigenvalue weighted by Crippen LogP contribution is 2.26. The topological polar surface area (TPSA) is 83.3 Å². The first kappa shape index (κ1) is 15.0. The highest BCUT2D eigenvalue weighted by atomic mass is 35.5. The second-order valence-corrected chi connectivity index (χ2v) is 5.56. The van der Waals surface area contributed by atoms with Crippen LogP contribution in [0.5, 0.6) is 0 Å². The minimum Gasteiger partial charge on any atom is -0.350 e. The van der Waals surface area contributed by atoms with E-state index in [1.807, 2.05) is 0 Å². The Labute approximate surface area is 123 Å². The Bertz CT molecular complexity index is 492. The SMILES string of the molecule is CC(CNC(=O)c1cnc(NN)c(Cl)c1)N(C)C1CC1. The van der Waals surface area contributed by atoms with Gasteiger partial charge in [-0.25, -0.2) is 10.8 Å². The lowest BCUT2D eigenvalue weighted by molar-refractivity contribution is 0.0939. The summed E-state index contributed by atoms with van der Waals surface area (Å²) in [4.78, 5) is 18.3. The lowest BCUT2D eigenvalue weighted by Gasteiger charge is -2.24. The van der Waals surface area contributed by atoms with Crippen molar-refractivity contribution < 1.29 is 4.79 Å². The van der Waals surface area contributed by atoms with Crippen molar-refractivity contribution in [3.63, 3.8) is 0 Å². The molecule has 1 aromatic rings. The summed E-state index contributed by atoms with van der Waals surface area (Å²) in [7, 11) is 2.09. The number of anilines is 1. The van der Waals surface area contributed by atoms with Gasteiger partial charge in [-0.3, -0.25) is 9.69 Å². The molecule has 110 valence electrons. The molecule has 1 aromatic heterocycles. The van der Waals surface area contributed by atoms with Crippen molar-refractivity contribution in [2.24, 2.45) is 5.84 Å². The van der Waals surface area contributed by atoms with Gasteiger partial charge in [0.05, 0.1) is 10.6 Å². The summed E-state index contributed by atoms with van der Waals surface area (Å²) in [5, 5.41) is 3.22. The summed E-state index contributed by atoms with van der Waals surface area (Å²) in [6.45, 7) is 2.70. The number of hydrogen-bond acceptors (Lipinski definition) is 5. The van der Waals surface area contributed by atoms with Gasteiger partial charge in [-0.05, 0) is 32.9 Å². The first-order valence-electron chi connectivity index (χ1n) is 6.65. The molecule has 1 aliphatic rings. The minimum absolute atomic E-state index is 0.181. The van der Waals surface area contributed by atoms with E-state index < -0.39 is 0 Å². The molecule has 0 radical (unpaired) electrons. The normalized spacial score (nSPS) is 16.1. The molecule has 1 heterocycles. The van der Waals surface area contributed by atoms with Crippen LogP contribution in [0, 0.1) is 0 Å². The Balaban J connectivity index is 1.89. The van der Waals surface area contributed by atoms with Crippen LogP contribution in [-0.4, -0.2) is 41.5 Å². The van der Waals surface area contributed by atoms with E-state index in [4.69, 9.17) is 17.4 Å². The number of amides is 1. The van der Waals surface area contributed by atoms with Crippen LogP contribution in [-0.2, 0) is 0 Å². The van der Waals surface area contributed by atoms with Crippen LogP contribution in [0.15, 0.2) is 12.3 Å². The number of likely N-dealkylation sites (N-methyl/N-ethyl adjacent to an activating group) is 1. The van der Waals surface area contributed by atoms with Gasteiger partial charge < -0.3 is 10.7 Å². The van der Waals surface area contributed by atoms with Gasteiger partial charge in [-0.2, -0.15) is 0 Å². The Hall–Kier alpha value is -1.37. The molecule has 1 unspecified atom stereocenters. The predicted octanol–water partition coefficient (Wildman–Crippen LogP) is 1.23. The van der Waals surface area contributed by atoms with E-state index in [0.29, 0.717) is 35.0 Å². The molecule has 7 heteroatoms. The van der Waals surface area contributed by atoms with E-state index in [1.165, 1.54) is 19.0 Å². The van der Waals surface area contributed by atoms with Crippen LogP contribution < -0.4 is 16.6 Å². The molecule has 6 nitrogen and oxygen atoms in total. The molecule has 0 saturated heterocycles. The second-order valence-electron chi connectivity index (χ2n) is 5.15. The number of nitrogens with one attached hydrogen (secondary N) is 2. The number of nitrogen functional groups attached to an aromatic ring is 1. The number of hydrogen-bond donors (Lipinski definition) is 3. The quantitative estimate of drug-likeness (QED) is 0.543. The fourth-order valence-electron chi connectivity index (χ4n) is 2.00. The fraction of sp³-hybridized carbons (Fsp3) is 0.538. The van der Waals surface area contributed by atoms with Crippen LogP contribution in [0.4, 0.5) is 5.82 Å². The molecule has 1 fully saturated rings. The van der Waals surface area contributed by atoms with Gasteiger partial charge in [0.2, 0.25) is 0 Å². The van der Waals surface area contributed by atoms with Crippen LogP contribution >= 0.6 is 11.6 Å². The van der Waals surface area contributed by atoms with Crippen molar-refractivity contribution in [1.82, 2.24) is 15.2 Å². The standard InChI is InChI=1S/C13H20ClN5O/c1-8(19(2)10-3-4-10)6-17-13(20)9-5-11(14)12(18-15)16-7-9/h5,7-8,10H,3-4,6,15H2,1-2H3,(H,16,18)(H,17,20). The zero-order valence-corrected chi connectivity index (χ0v) is 12.4. The van der Waals surface area contributed by atoms with Crippen molar-refractivity contribution in [2.45, 2.75) is 31.8 Å². The van der Waals surface area contributed by atoms with E-state index in [1.54, 1.807) is 6.07 Å². The van der Waals surface area contributed by atoms with Crippen molar-refractivity contribution in [1.29, 1.82) is 0 Å². The van der Waals surface area contributed by atoms with Crippen molar-refractivity contribution in [3.05, 3.63) is 22.8 Å². The number of carbonyl (C=O) groups excluding carboxylic acids is 1. The average molecular weight is 298 g/mol. The number of hydrazine groups is 1. The van der Waals surface area contributed by atoms with Crippen LogP contribution in [0.3, 0.4) is 0 Å². The third-order valence-corrected chi connectivity index (χ3v) is 3.90. The minimum atomic E-state index is -0.181. The third-order valence-electron chi connectivity index (χ3n) is 3.62. The number of halogens is 1. The maximum absolute atomic E-state index is 12.0. The Morgan fingerprint density at radius 3 is 2.90 bits per heavy atom. The fourth-order valence-corrected chi connectivity index (χ4v) is 2.22. The molecule has 1 atom stereocenters. The largest absolute Gasteiger partial charge is 0.350 e. The van der Waals surface area contributed by atoms with Gasteiger partial charge in [0.25, 0.3) is 5.91 Å². The molecule has 0 aliphatic heterocycles. The van der Waals surface area contributed by atoms with E-state index in [0.717, 1.165) is 0 Å². The summed E-state index contributed by atoms with van der Waals surface area (Å²) in [5.41, 5.74) is 2.79. The molecule has 0 aromatic carbocycles. The van der Waals surface area contributed by atoms with Gasteiger partial charge in [-0.15, -0.1) is 0 Å². The lowest BCUT2D eigenvalue weighted by Crippen LogP contribution is -2.41. The van der Waals surface area contributed by atoms with Crippen LogP contribution in [0.2, 0.25) is 5.02 Å². The van der Waals surface area contributed by atoms with Gasteiger partial charge in [-0.1, -0.05) is 11.6 Å². The average Bonchev–Trinajstić information content (AvgIpc) is 3.27. The Kier molecular flexibility index (Phi) is 4.80. The van der Waals surface area contributed by atoms with E-state index in [9.17, 15) is 4.79 Å². The lowest BCUT2D eigenvalue weighted by atomic mass is 10.2. The van der Waals surface area contributed by atoms with Gasteiger partial charge in [0.15, 0.2) is 5.82 Å². The van der Waals surface area contributed by atoms with E-state index in [2.05, 4.69) is 34.6 Å². The molecule has 4 N–H and O–H groups in total. The van der Waals surface area contributed by atoms with Gasteiger partial charge >= 0.3 is 0 Å². The molecular formula is C13H20ClN5O. The summed E-state index contributed by atoms with van der Waals surface area (Å²) < 4.78 is 0. The molecule has 20 heavy (non-hydrogen) atoms. The molecule has 0 bridgehead atoms. The highest BCUT2D eigenvalue weighted by molar-refractivity contribution is 6.33. The molecule has 1 amide bonds. The molecule has 1 saturated carbocycles. The number of carbonyl (C=O) groups is 1. The van der Waals surface area contributed by atoms with Gasteiger partial charge in [0, 0.05) is 24.8 Å². The number of rotatable bonds is 6. The smallest absolute Gasteiger partial charge is 0.252 e. The molecule has 2 rings (SSSR count). The monoisotopic (exact) mass is 297 g/mol. The number of pyridine rings is 1. The first-order valence-corrected chi connectivity index (χ1v) is 7.03. The van der Waals surface area contributed by atoms with Crippen LogP contribution in [0.25, 0.3) is 0 Å². The highest BCUT2D eigenvalue weighted by Gasteiger charge is 2.29. The molecule has 0 spiro atoms. The van der Waals surface area contributed by atoms with E-state index in [-0.39, 0.29) is 5.91 Å². The van der Waals surface area contributed by atoms with Gasteiger partial charge in [0.1, 0.15) is 0 Å². The number of nitrogens with two attached hydrogens (primary N) is 1. The molecule has 1 aliphatic carbocycles. The maximum Gasteiger partial charge on any atom is 0.252 e. The Morgan fingerprint density at radius 1 is 1.65 bits per heavy atom. The summed E-state index contributed by atoms with van der Waals surface area (Å²) in [5.74, 6) is 5.41. The van der Waals surface area contributed by atoms with Crippen molar-refractivity contribution in [2.75, 3.05) is 19.0 Å². The zero-order chi connectivity index (χ0) is 14.7. The second kappa shape index (κ2) is 6.39. The summed E-state index contributed by atoms with van der Waals surface area (Å²) in [6, 6.07) is 2.53. The van der Waals surface area contributed by atoms with Crippen LogP contribution in [0.1, 0.15) is 30.1 Å². The van der Waals surface area contributed by atoms with Crippen molar-refractivity contribution in [3.8, 4) is 0 Å². The Morgan fingerprint density at radius 2 is 2.35 bits per heavy atom. The maximum atomic E-state index is 12.0. The summed E-state index contributed by atoms with van der Waals surface area (Å²) >= 11 is 5.94. The first-order chi connectivity index (χ1) is 9.52. The number of nitrogens with zero attached hydrogens (tertiary/aromatic N) is 2. The van der Waals surface area contributed by atoms with E-state index >= 15 is 0 Å². The third kappa shape index (κ3) is 3.59. The number of aromatic nitrogens is 1. The summed E-state index contributed by atoms with van der Waals surface area (Å²) in [6.07, 6.45) is 3.95.